The summed E-state index contributed by atoms with van der Waals surface area (Å²) in [6.45, 7) is 3.97. The maximum atomic E-state index is 14.3. The lowest BCUT2D eigenvalue weighted by molar-refractivity contribution is -0.152. The molecule has 2 fully saturated rings. The molecule has 5 rings (SSSR count). The Kier molecular flexibility index (Phi) is 6.02. The number of para-hydroxylation sites is 1. The van der Waals surface area contributed by atoms with E-state index in [0.29, 0.717) is 23.7 Å². The topological polar surface area (TPSA) is 87.2 Å². The van der Waals surface area contributed by atoms with Crippen LogP contribution in [0.3, 0.4) is 0 Å². The van der Waals surface area contributed by atoms with Crippen molar-refractivity contribution in [3.8, 4) is 0 Å². The number of anilines is 1. The standard InChI is InChI=1S/C25H27ClN2O5S/c1-3-15(13-29)28-21-23(31)27(20-14(2)7-4-8-16(20)26)11-6-10-25(21)19(22(28)30)18-17(34-25)9-5-12-33-24(18)32/h4-10,15,17-19,21,29H,3,11-13H2,1-2H3/t15-,17+,18-,19-,21?,25-/m0/s1. The molecule has 0 aromatic heterocycles. The smallest absolute Gasteiger partial charge is 0.311 e. The Morgan fingerprint density at radius 3 is 2.76 bits per heavy atom. The third-order valence-corrected chi connectivity index (χ3v) is 9.43. The molecule has 6 atom stereocenters. The van der Waals surface area contributed by atoms with E-state index in [2.05, 4.69) is 0 Å². The van der Waals surface area contributed by atoms with Crippen molar-refractivity contribution in [1.29, 1.82) is 0 Å². The predicted molar refractivity (Wildman–Crippen MR) is 131 cm³/mol. The Labute approximate surface area is 207 Å². The van der Waals surface area contributed by atoms with E-state index in [4.69, 9.17) is 16.3 Å². The van der Waals surface area contributed by atoms with Crippen LogP contribution in [0, 0.1) is 18.8 Å². The summed E-state index contributed by atoms with van der Waals surface area (Å²) in [6.07, 6.45) is 8.04. The number of cyclic esters (lactones) is 1. The summed E-state index contributed by atoms with van der Waals surface area (Å²) in [5, 5.41) is 10.3. The zero-order valence-electron chi connectivity index (χ0n) is 19.0. The van der Waals surface area contributed by atoms with Crippen LogP contribution in [-0.4, -0.2) is 69.6 Å². The molecule has 0 bridgehead atoms. The first-order valence-electron chi connectivity index (χ1n) is 11.5. The van der Waals surface area contributed by atoms with Crippen molar-refractivity contribution in [2.24, 2.45) is 11.8 Å². The molecule has 0 saturated carbocycles. The number of aryl methyl sites for hydroxylation is 1. The lowest BCUT2D eigenvalue weighted by atomic mass is 9.78. The number of esters is 1. The fraction of sp³-hybridized carbons (Fsp3) is 0.480. The number of thioether (sulfide) groups is 1. The third-order valence-electron chi connectivity index (χ3n) is 7.39. The summed E-state index contributed by atoms with van der Waals surface area (Å²) in [4.78, 5) is 44.5. The monoisotopic (exact) mass is 502 g/mol. The number of hydrogen-bond acceptors (Lipinski definition) is 6. The molecule has 0 radical (unpaired) electrons. The summed E-state index contributed by atoms with van der Waals surface area (Å²) in [5.74, 6) is -2.40. The first-order valence-corrected chi connectivity index (χ1v) is 12.8. The van der Waals surface area contributed by atoms with Gasteiger partial charge in [0.05, 0.1) is 39.9 Å². The molecule has 1 unspecified atom stereocenters. The van der Waals surface area contributed by atoms with Crippen LogP contribution >= 0.6 is 23.4 Å². The number of ether oxygens (including phenoxy) is 1. The minimum atomic E-state index is -0.948. The quantitative estimate of drug-likeness (QED) is 0.503. The van der Waals surface area contributed by atoms with Crippen LogP contribution in [0.1, 0.15) is 18.9 Å². The van der Waals surface area contributed by atoms with Gasteiger partial charge in [0.2, 0.25) is 5.91 Å². The highest BCUT2D eigenvalue weighted by molar-refractivity contribution is 8.02. The molecular formula is C25H27ClN2O5S. The Hall–Kier alpha value is -2.29. The van der Waals surface area contributed by atoms with Gasteiger partial charge < -0.3 is 19.6 Å². The number of halogens is 1. The van der Waals surface area contributed by atoms with E-state index < -0.39 is 34.6 Å². The Morgan fingerprint density at radius 2 is 2.06 bits per heavy atom. The number of carbonyl (C=O) groups excluding carboxylic acids is 3. The molecule has 9 heteroatoms. The van der Waals surface area contributed by atoms with E-state index in [1.54, 1.807) is 17.0 Å². The molecule has 1 aromatic rings. The number of aliphatic hydroxyl groups is 1. The van der Waals surface area contributed by atoms with Gasteiger partial charge in [-0.2, -0.15) is 0 Å². The van der Waals surface area contributed by atoms with Gasteiger partial charge in [0.15, 0.2) is 0 Å². The molecule has 34 heavy (non-hydrogen) atoms. The zero-order chi connectivity index (χ0) is 24.2. The minimum Gasteiger partial charge on any atom is -0.461 e. The molecule has 2 saturated heterocycles. The second kappa shape index (κ2) is 8.73. The van der Waals surface area contributed by atoms with Crippen LogP contribution in [0.2, 0.25) is 5.02 Å². The average molecular weight is 503 g/mol. The average Bonchev–Trinajstić information content (AvgIpc) is 3.11. The number of nitrogens with zero attached hydrogens (tertiary/aromatic N) is 2. The van der Waals surface area contributed by atoms with Gasteiger partial charge in [0.25, 0.3) is 5.91 Å². The summed E-state index contributed by atoms with van der Waals surface area (Å²) >= 11 is 8.02. The molecule has 1 aromatic carbocycles. The van der Waals surface area contributed by atoms with Crippen molar-refractivity contribution in [2.45, 2.75) is 42.3 Å². The van der Waals surface area contributed by atoms with E-state index >= 15 is 0 Å². The van der Waals surface area contributed by atoms with Gasteiger partial charge in [-0.05, 0) is 25.0 Å². The lowest BCUT2D eigenvalue weighted by Crippen LogP contribution is -2.56. The van der Waals surface area contributed by atoms with Crippen molar-refractivity contribution in [3.63, 3.8) is 0 Å². The Bertz CT molecular complexity index is 1080. The van der Waals surface area contributed by atoms with Gasteiger partial charge >= 0.3 is 5.97 Å². The fourth-order valence-corrected chi connectivity index (χ4v) is 8.19. The first kappa shape index (κ1) is 23.5. The molecule has 4 heterocycles. The SMILES string of the molecule is CC[C@@H](CO)N1C(=O)[C@@H]2[C@H]3C(=O)OCC=C[C@H]3S[C@@]23C=CCN(c2c(C)cccc2Cl)C(=O)C13. The number of benzene rings is 1. The number of aliphatic hydroxyl groups excluding tert-OH is 1. The van der Waals surface area contributed by atoms with E-state index in [1.807, 2.05) is 44.2 Å². The largest absolute Gasteiger partial charge is 0.461 e. The third kappa shape index (κ3) is 3.26. The van der Waals surface area contributed by atoms with Crippen LogP contribution in [0.5, 0.6) is 0 Å². The minimum absolute atomic E-state index is 0.177. The van der Waals surface area contributed by atoms with Crippen molar-refractivity contribution in [1.82, 2.24) is 4.90 Å². The summed E-state index contributed by atoms with van der Waals surface area (Å²) in [6, 6.07) is 4.05. The molecule has 0 aliphatic carbocycles. The second-order valence-electron chi connectivity index (χ2n) is 9.15. The van der Waals surface area contributed by atoms with Crippen molar-refractivity contribution in [3.05, 3.63) is 53.1 Å². The molecule has 4 aliphatic heterocycles. The van der Waals surface area contributed by atoms with Crippen LogP contribution < -0.4 is 4.90 Å². The molecular weight excluding hydrogens is 476 g/mol. The maximum Gasteiger partial charge on any atom is 0.311 e. The molecule has 2 amide bonds. The van der Waals surface area contributed by atoms with Crippen molar-refractivity contribution < 1.29 is 24.2 Å². The van der Waals surface area contributed by atoms with Crippen LogP contribution in [0.15, 0.2) is 42.5 Å². The van der Waals surface area contributed by atoms with Gasteiger partial charge in [-0.3, -0.25) is 14.4 Å². The number of rotatable bonds is 4. The van der Waals surface area contributed by atoms with Gasteiger partial charge in [-0.25, -0.2) is 0 Å². The number of hydrogen-bond donors (Lipinski definition) is 1. The fourth-order valence-electron chi connectivity index (χ4n) is 5.88. The van der Waals surface area contributed by atoms with E-state index in [-0.39, 0.29) is 30.3 Å². The van der Waals surface area contributed by atoms with Crippen molar-refractivity contribution in [2.75, 3.05) is 24.7 Å². The van der Waals surface area contributed by atoms with Crippen LogP contribution in [0.25, 0.3) is 0 Å². The summed E-state index contributed by atoms with van der Waals surface area (Å²) < 4.78 is 4.43. The van der Waals surface area contributed by atoms with E-state index in [1.165, 1.54) is 16.7 Å². The normalized spacial score (nSPS) is 33.2. The Morgan fingerprint density at radius 1 is 1.26 bits per heavy atom. The molecule has 1 N–H and O–H groups in total. The summed E-state index contributed by atoms with van der Waals surface area (Å²) in [5.41, 5.74) is 1.46. The molecule has 1 spiro atoms. The molecule has 4 aliphatic rings. The highest BCUT2D eigenvalue weighted by atomic mass is 35.5. The number of amides is 2. The first-order chi connectivity index (χ1) is 16.4. The van der Waals surface area contributed by atoms with Crippen LogP contribution in [-0.2, 0) is 19.1 Å². The maximum absolute atomic E-state index is 14.3. The van der Waals surface area contributed by atoms with Crippen LogP contribution in [0.4, 0.5) is 5.69 Å². The van der Waals surface area contributed by atoms with Gasteiger partial charge in [0.1, 0.15) is 12.6 Å². The lowest BCUT2D eigenvalue weighted by Gasteiger charge is -2.38. The highest BCUT2D eigenvalue weighted by Crippen LogP contribution is 2.61. The van der Waals surface area contributed by atoms with Gasteiger partial charge in [-0.1, -0.05) is 55.0 Å². The van der Waals surface area contributed by atoms with Gasteiger partial charge in [-0.15, -0.1) is 11.8 Å². The predicted octanol–water partition coefficient (Wildman–Crippen LogP) is 2.73. The number of carbonyl (C=O) groups is 3. The van der Waals surface area contributed by atoms with E-state index in [9.17, 15) is 19.5 Å². The van der Waals surface area contributed by atoms with Gasteiger partial charge in [0, 0.05) is 11.8 Å². The van der Waals surface area contributed by atoms with E-state index in [0.717, 1.165) is 5.56 Å². The molecule has 7 nitrogen and oxygen atoms in total. The Balaban J connectivity index is 1.68. The number of fused-ring (bicyclic) bond motifs is 2. The highest BCUT2D eigenvalue weighted by Gasteiger charge is 2.71. The van der Waals surface area contributed by atoms with Crippen molar-refractivity contribution >= 4 is 46.8 Å². The summed E-state index contributed by atoms with van der Waals surface area (Å²) in [7, 11) is 0. The zero-order valence-corrected chi connectivity index (χ0v) is 20.6. The second-order valence-corrected chi connectivity index (χ2v) is 11.0. The molecule has 180 valence electrons. The number of likely N-dealkylation sites (tertiary alicyclic amines) is 1.